The molecular weight excluding hydrogens is 364 g/mol. The van der Waals surface area contributed by atoms with Gasteiger partial charge in [-0.1, -0.05) is 18.7 Å². The number of hydrogen-bond acceptors (Lipinski definition) is 7. The van der Waals surface area contributed by atoms with E-state index in [1.54, 1.807) is 22.6 Å². The van der Waals surface area contributed by atoms with Crippen LogP contribution in [0.1, 0.15) is 13.8 Å². The number of halogens is 1. The SMILES string of the molecule is CCOCCNc1nc(SCC)nc2c1cnn2CCNC(=O)CCl. The summed E-state index contributed by atoms with van der Waals surface area (Å²) in [5.74, 6) is 1.38. The summed E-state index contributed by atoms with van der Waals surface area (Å²) in [4.78, 5) is 20.4. The zero-order valence-corrected chi connectivity index (χ0v) is 16.0. The number of carbonyl (C=O) groups is 1. The maximum absolute atomic E-state index is 11.2. The van der Waals surface area contributed by atoms with E-state index in [9.17, 15) is 4.79 Å². The highest BCUT2D eigenvalue weighted by Crippen LogP contribution is 2.24. The molecule has 2 aromatic heterocycles. The Morgan fingerprint density at radius 3 is 2.92 bits per heavy atom. The van der Waals surface area contributed by atoms with Gasteiger partial charge in [-0.3, -0.25) is 4.79 Å². The third-order valence-corrected chi connectivity index (χ3v) is 4.23. The fraction of sp³-hybridized carbons (Fsp3) is 0.600. The van der Waals surface area contributed by atoms with Crippen molar-refractivity contribution in [1.82, 2.24) is 25.1 Å². The molecule has 2 heterocycles. The number of alkyl halides is 1. The van der Waals surface area contributed by atoms with Crippen molar-refractivity contribution >= 4 is 46.1 Å². The van der Waals surface area contributed by atoms with Gasteiger partial charge in [-0.05, 0) is 12.7 Å². The molecule has 2 aromatic rings. The quantitative estimate of drug-likeness (QED) is 0.263. The number of nitrogens with one attached hydrogen (secondary N) is 2. The molecule has 0 spiro atoms. The fourth-order valence-electron chi connectivity index (χ4n) is 2.16. The van der Waals surface area contributed by atoms with Crippen molar-refractivity contribution in [2.45, 2.75) is 25.5 Å². The molecule has 0 saturated heterocycles. The molecule has 0 aliphatic heterocycles. The maximum Gasteiger partial charge on any atom is 0.234 e. The van der Waals surface area contributed by atoms with Crippen LogP contribution in [0.5, 0.6) is 0 Å². The summed E-state index contributed by atoms with van der Waals surface area (Å²) >= 11 is 7.05. The van der Waals surface area contributed by atoms with Crippen molar-refractivity contribution in [3.8, 4) is 0 Å². The van der Waals surface area contributed by atoms with Crippen molar-refractivity contribution in [3.05, 3.63) is 6.20 Å². The Labute approximate surface area is 156 Å². The van der Waals surface area contributed by atoms with E-state index in [1.807, 2.05) is 6.92 Å². The number of nitrogens with zero attached hydrogens (tertiary/aromatic N) is 4. The minimum absolute atomic E-state index is 0.0484. The topological polar surface area (TPSA) is 94.0 Å². The first-order chi connectivity index (χ1) is 12.2. The summed E-state index contributed by atoms with van der Waals surface area (Å²) in [6.07, 6.45) is 1.74. The molecule has 138 valence electrons. The van der Waals surface area contributed by atoms with Crippen LogP contribution in [0, 0.1) is 0 Å². The Bertz CT molecular complexity index is 696. The standard InChI is InChI=1S/C15H23ClN6O2S/c1-3-24-8-6-18-13-11-10-19-22(7-5-17-12(23)9-16)14(11)21-15(20-13)25-4-2/h10H,3-9H2,1-2H3,(H,17,23)(H,18,20,21). The first kappa shape index (κ1) is 19.7. The minimum atomic E-state index is -0.201. The van der Waals surface area contributed by atoms with Crippen molar-refractivity contribution in [3.63, 3.8) is 0 Å². The number of carbonyl (C=O) groups excluding carboxylic acids is 1. The molecular formula is C15H23ClN6O2S. The Morgan fingerprint density at radius 1 is 1.36 bits per heavy atom. The maximum atomic E-state index is 11.2. The number of hydrogen-bond donors (Lipinski definition) is 2. The van der Waals surface area contributed by atoms with Crippen molar-refractivity contribution in [2.24, 2.45) is 0 Å². The molecule has 10 heteroatoms. The van der Waals surface area contributed by atoms with E-state index < -0.39 is 0 Å². The van der Waals surface area contributed by atoms with Crippen LogP contribution < -0.4 is 10.6 Å². The molecule has 0 bridgehead atoms. The van der Waals surface area contributed by atoms with Gasteiger partial charge in [0, 0.05) is 19.7 Å². The fourth-order valence-corrected chi connectivity index (χ4v) is 2.82. The smallest absolute Gasteiger partial charge is 0.234 e. The molecule has 2 rings (SSSR count). The Kier molecular flexibility index (Phi) is 8.23. The lowest BCUT2D eigenvalue weighted by Crippen LogP contribution is -2.28. The number of ether oxygens (including phenoxy) is 1. The van der Waals surface area contributed by atoms with Gasteiger partial charge in [0.25, 0.3) is 0 Å². The molecule has 8 nitrogen and oxygen atoms in total. The van der Waals surface area contributed by atoms with E-state index in [2.05, 4.69) is 32.6 Å². The molecule has 0 atom stereocenters. The van der Waals surface area contributed by atoms with Gasteiger partial charge in [-0.25, -0.2) is 14.6 Å². The summed E-state index contributed by atoms with van der Waals surface area (Å²) in [6.45, 7) is 6.92. The normalized spacial score (nSPS) is 11.0. The molecule has 1 amide bonds. The zero-order chi connectivity index (χ0) is 18.1. The van der Waals surface area contributed by atoms with Gasteiger partial charge in [0.2, 0.25) is 5.91 Å². The van der Waals surface area contributed by atoms with Crippen LogP contribution in [-0.4, -0.2) is 63.6 Å². The monoisotopic (exact) mass is 386 g/mol. The van der Waals surface area contributed by atoms with Crippen molar-refractivity contribution < 1.29 is 9.53 Å². The number of amides is 1. The van der Waals surface area contributed by atoms with Gasteiger partial charge < -0.3 is 15.4 Å². The Hall–Kier alpha value is -1.58. The molecule has 0 aromatic carbocycles. The van der Waals surface area contributed by atoms with Gasteiger partial charge in [0.05, 0.1) is 24.7 Å². The number of aromatic nitrogens is 4. The molecule has 25 heavy (non-hydrogen) atoms. The summed E-state index contributed by atoms with van der Waals surface area (Å²) in [5, 5.41) is 11.9. The number of rotatable bonds is 11. The minimum Gasteiger partial charge on any atom is -0.380 e. The summed E-state index contributed by atoms with van der Waals surface area (Å²) < 4.78 is 7.12. The van der Waals surface area contributed by atoms with Gasteiger partial charge in [-0.15, -0.1) is 11.6 Å². The van der Waals surface area contributed by atoms with Gasteiger partial charge in [0.15, 0.2) is 10.8 Å². The highest BCUT2D eigenvalue weighted by atomic mass is 35.5. The second-order valence-electron chi connectivity index (χ2n) is 5.00. The summed E-state index contributed by atoms with van der Waals surface area (Å²) in [5.41, 5.74) is 0.741. The van der Waals surface area contributed by atoms with Crippen LogP contribution in [0.25, 0.3) is 11.0 Å². The van der Waals surface area contributed by atoms with E-state index in [0.717, 1.165) is 22.6 Å². The second kappa shape index (κ2) is 10.4. The third-order valence-electron chi connectivity index (χ3n) is 3.26. The molecule has 0 fully saturated rings. The average Bonchev–Trinajstić information content (AvgIpc) is 3.02. The van der Waals surface area contributed by atoms with Gasteiger partial charge in [0.1, 0.15) is 11.7 Å². The first-order valence-electron chi connectivity index (χ1n) is 8.20. The van der Waals surface area contributed by atoms with Crippen molar-refractivity contribution in [1.29, 1.82) is 0 Å². The molecule has 0 saturated carbocycles. The highest BCUT2D eigenvalue weighted by Gasteiger charge is 2.13. The van der Waals surface area contributed by atoms with Crippen LogP contribution in [0.4, 0.5) is 5.82 Å². The van der Waals surface area contributed by atoms with E-state index in [-0.39, 0.29) is 11.8 Å². The van der Waals surface area contributed by atoms with E-state index in [4.69, 9.17) is 16.3 Å². The van der Waals surface area contributed by atoms with Crippen LogP contribution >= 0.6 is 23.4 Å². The van der Waals surface area contributed by atoms with Crippen LogP contribution in [-0.2, 0) is 16.1 Å². The van der Waals surface area contributed by atoms with Gasteiger partial charge in [-0.2, -0.15) is 5.10 Å². The molecule has 2 N–H and O–H groups in total. The van der Waals surface area contributed by atoms with E-state index in [0.29, 0.717) is 38.0 Å². The van der Waals surface area contributed by atoms with Crippen LogP contribution in [0.3, 0.4) is 0 Å². The lowest BCUT2D eigenvalue weighted by Gasteiger charge is -2.09. The lowest BCUT2D eigenvalue weighted by atomic mass is 10.4. The molecule has 0 aliphatic rings. The number of thioether (sulfide) groups is 1. The molecule has 0 aliphatic carbocycles. The Morgan fingerprint density at radius 2 is 2.20 bits per heavy atom. The third kappa shape index (κ3) is 5.72. The van der Waals surface area contributed by atoms with Gasteiger partial charge >= 0.3 is 0 Å². The largest absolute Gasteiger partial charge is 0.380 e. The van der Waals surface area contributed by atoms with Crippen LogP contribution in [0.2, 0.25) is 0 Å². The second-order valence-corrected chi connectivity index (χ2v) is 6.50. The lowest BCUT2D eigenvalue weighted by molar-refractivity contribution is -0.118. The zero-order valence-electron chi connectivity index (χ0n) is 14.4. The van der Waals surface area contributed by atoms with Crippen molar-refractivity contribution in [2.75, 3.05) is 43.3 Å². The molecule has 0 radical (unpaired) electrons. The van der Waals surface area contributed by atoms with E-state index >= 15 is 0 Å². The highest BCUT2D eigenvalue weighted by molar-refractivity contribution is 7.99. The number of fused-ring (bicyclic) bond motifs is 1. The molecule has 0 unspecified atom stereocenters. The van der Waals surface area contributed by atoms with Crippen LogP contribution in [0.15, 0.2) is 11.4 Å². The summed E-state index contributed by atoms with van der Waals surface area (Å²) in [6, 6.07) is 0. The Balaban J connectivity index is 2.17. The summed E-state index contributed by atoms with van der Waals surface area (Å²) in [7, 11) is 0. The number of anilines is 1. The first-order valence-corrected chi connectivity index (χ1v) is 9.72. The predicted octanol–water partition coefficient (Wildman–Crippen LogP) is 1.74. The average molecular weight is 387 g/mol. The predicted molar refractivity (Wildman–Crippen MR) is 100 cm³/mol. The van der Waals surface area contributed by atoms with E-state index in [1.165, 1.54) is 0 Å².